The molecule has 0 N–H and O–H groups in total. The Balaban J connectivity index is 0.000000225. The second-order valence-electron chi connectivity index (χ2n) is 6.17. The highest BCUT2D eigenvalue weighted by Crippen LogP contribution is 2.15. The van der Waals surface area contributed by atoms with Crippen molar-refractivity contribution >= 4 is 65.1 Å². The number of carbonyl (C=O) groups is 3. The van der Waals surface area contributed by atoms with Gasteiger partial charge in [-0.25, -0.2) is 0 Å². The lowest BCUT2D eigenvalue weighted by atomic mass is 10.2. The molecule has 0 aliphatic heterocycles. The fourth-order valence-electron chi connectivity index (χ4n) is 2.14. The summed E-state index contributed by atoms with van der Waals surface area (Å²) in [4.78, 5) is 32.4. The third kappa shape index (κ3) is 9.74. The molecule has 6 heteroatoms. The summed E-state index contributed by atoms with van der Waals surface area (Å²) in [5, 5.41) is 0. The Kier molecular flexibility index (Phi) is 11.7. The van der Waals surface area contributed by atoms with Gasteiger partial charge in [0.25, 0.3) is 0 Å². The molecule has 0 amide bonds. The summed E-state index contributed by atoms with van der Waals surface area (Å²) in [6, 6.07) is 22.1. The molecule has 0 spiro atoms. The van der Waals surface area contributed by atoms with Crippen LogP contribution in [-0.4, -0.2) is 17.3 Å². The molecule has 3 rings (SSSR count). The van der Waals surface area contributed by atoms with Gasteiger partial charge in [-0.15, -0.1) is 0 Å². The first kappa shape index (κ1) is 26.1. The van der Waals surface area contributed by atoms with Crippen LogP contribution >= 0.6 is 47.8 Å². The van der Waals surface area contributed by atoms with E-state index in [4.69, 9.17) is 0 Å². The number of hydrogen-bond donors (Lipinski definition) is 0. The molecule has 0 aromatic heterocycles. The van der Waals surface area contributed by atoms with Crippen molar-refractivity contribution in [2.75, 3.05) is 0 Å². The molecule has 156 valence electrons. The predicted octanol–water partition coefficient (Wildman–Crippen LogP) is 7.96. The first-order chi connectivity index (χ1) is 14.1. The Hall–Kier alpha value is -1.89. The van der Waals surface area contributed by atoms with Crippen LogP contribution in [0.2, 0.25) is 0 Å². The van der Waals surface area contributed by atoms with Gasteiger partial charge in [0.15, 0.2) is 17.3 Å². The quantitative estimate of drug-likeness (QED) is 0.288. The predicted molar refractivity (Wildman–Crippen MR) is 132 cm³/mol. The topological polar surface area (TPSA) is 51.2 Å². The van der Waals surface area contributed by atoms with Gasteiger partial charge in [-0.3, -0.25) is 14.4 Å². The molecule has 0 saturated heterocycles. The van der Waals surface area contributed by atoms with E-state index in [2.05, 4.69) is 47.8 Å². The van der Waals surface area contributed by atoms with Crippen molar-refractivity contribution in [3.8, 4) is 0 Å². The number of ketones is 3. The summed E-state index contributed by atoms with van der Waals surface area (Å²) in [6.45, 7) is 4.67. The van der Waals surface area contributed by atoms with Gasteiger partial charge in [0.05, 0.1) is 0 Å². The Labute approximate surface area is 202 Å². The van der Waals surface area contributed by atoms with Crippen molar-refractivity contribution in [3.63, 3.8) is 0 Å². The van der Waals surface area contributed by atoms with Crippen LogP contribution in [-0.2, 0) is 0 Å². The van der Waals surface area contributed by atoms with Gasteiger partial charge >= 0.3 is 0 Å². The molecular weight excluding hydrogens is 576 g/mol. The van der Waals surface area contributed by atoms with Gasteiger partial charge in [0, 0.05) is 30.1 Å². The number of hydrogen-bond acceptors (Lipinski definition) is 3. The summed E-state index contributed by atoms with van der Waals surface area (Å²) in [7, 11) is 0. The Morgan fingerprint density at radius 2 is 1.13 bits per heavy atom. The second-order valence-corrected chi connectivity index (χ2v) is 8.85. The Morgan fingerprint density at radius 3 is 1.53 bits per heavy atom. The first-order valence-electron chi connectivity index (χ1n) is 8.90. The standard InChI is InChI=1S/3C8H7BrO/c1-6(10)7-2-4-8(9)5-3-7;1-6(10)7-3-2-4-8(9)5-7;1-6(10)7-4-2-3-5-8(7)9/h3*2-5H,1H3. The molecule has 0 aliphatic rings. The monoisotopic (exact) mass is 594 g/mol. The maximum atomic E-state index is 10.8. The molecule has 0 unspecified atom stereocenters. The summed E-state index contributed by atoms with van der Waals surface area (Å²) in [5.41, 5.74) is 2.24. The van der Waals surface area contributed by atoms with Crippen molar-refractivity contribution in [2.45, 2.75) is 20.8 Å². The molecule has 3 aromatic carbocycles. The lowest BCUT2D eigenvalue weighted by molar-refractivity contribution is 0.100. The lowest BCUT2D eigenvalue weighted by Crippen LogP contribution is -1.91. The van der Waals surface area contributed by atoms with E-state index in [1.165, 1.54) is 0 Å². The molecule has 0 heterocycles. The van der Waals surface area contributed by atoms with Crippen LogP contribution in [0.1, 0.15) is 51.8 Å². The van der Waals surface area contributed by atoms with Gasteiger partial charge < -0.3 is 0 Å². The first-order valence-corrected chi connectivity index (χ1v) is 11.3. The minimum Gasteiger partial charge on any atom is -0.295 e. The average molecular weight is 597 g/mol. The smallest absolute Gasteiger partial charge is 0.160 e. The molecule has 0 fully saturated rings. The van der Waals surface area contributed by atoms with E-state index >= 15 is 0 Å². The van der Waals surface area contributed by atoms with Gasteiger partial charge in [-0.1, -0.05) is 90.3 Å². The normalized spacial score (nSPS) is 9.40. The summed E-state index contributed by atoms with van der Waals surface area (Å²) in [6.07, 6.45) is 0. The summed E-state index contributed by atoms with van der Waals surface area (Å²) < 4.78 is 2.81. The largest absolute Gasteiger partial charge is 0.295 e. The van der Waals surface area contributed by atoms with Crippen molar-refractivity contribution in [1.29, 1.82) is 0 Å². The highest BCUT2D eigenvalue weighted by atomic mass is 79.9. The molecule has 0 bridgehead atoms. The van der Waals surface area contributed by atoms with Crippen LogP contribution in [0.5, 0.6) is 0 Å². The van der Waals surface area contributed by atoms with Crippen molar-refractivity contribution in [3.05, 3.63) is 103 Å². The van der Waals surface area contributed by atoms with Crippen LogP contribution in [0.3, 0.4) is 0 Å². The Bertz CT molecular complexity index is 1010. The Morgan fingerprint density at radius 1 is 0.567 bits per heavy atom. The van der Waals surface area contributed by atoms with E-state index < -0.39 is 0 Å². The second kappa shape index (κ2) is 13.4. The zero-order chi connectivity index (χ0) is 22.7. The van der Waals surface area contributed by atoms with Crippen molar-refractivity contribution < 1.29 is 14.4 Å². The minimum atomic E-state index is 0.0903. The molecule has 3 aromatic rings. The molecule has 0 radical (unpaired) electrons. The highest BCUT2D eigenvalue weighted by Gasteiger charge is 2.01. The van der Waals surface area contributed by atoms with Crippen LogP contribution in [0.4, 0.5) is 0 Å². The van der Waals surface area contributed by atoms with E-state index in [1.807, 2.05) is 48.5 Å². The lowest BCUT2D eigenvalue weighted by Gasteiger charge is -1.96. The minimum absolute atomic E-state index is 0.0903. The maximum Gasteiger partial charge on any atom is 0.160 e. The summed E-state index contributed by atoms with van der Waals surface area (Å²) in [5.74, 6) is 0.293. The van der Waals surface area contributed by atoms with E-state index in [1.54, 1.807) is 45.0 Å². The zero-order valence-corrected chi connectivity index (χ0v) is 21.5. The van der Waals surface area contributed by atoms with Crippen molar-refractivity contribution in [2.24, 2.45) is 0 Å². The number of benzene rings is 3. The van der Waals surface area contributed by atoms with E-state index in [0.29, 0.717) is 0 Å². The number of Topliss-reactive ketones (excluding diaryl/α,β-unsaturated/α-hetero) is 3. The number of carbonyl (C=O) groups excluding carboxylic acids is 3. The van der Waals surface area contributed by atoms with Gasteiger partial charge in [-0.2, -0.15) is 0 Å². The summed E-state index contributed by atoms with van der Waals surface area (Å²) >= 11 is 9.84. The SMILES string of the molecule is CC(=O)c1ccc(Br)cc1.CC(=O)c1cccc(Br)c1.CC(=O)c1ccccc1Br. The molecule has 0 saturated carbocycles. The molecular formula is C24H21Br3O3. The van der Waals surface area contributed by atoms with Gasteiger partial charge in [-0.05, 0) is 51.1 Å². The van der Waals surface area contributed by atoms with E-state index in [-0.39, 0.29) is 17.3 Å². The fourth-order valence-corrected chi connectivity index (χ4v) is 3.37. The molecule has 3 nitrogen and oxygen atoms in total. The van der Waals surface area contributed by atoms with Crippen molar-refractivity contribution in [1.82, 2.24) is 0 Å². The maximum absolute atomic E-state index is 10.8. The van der Waals surface area contributed by atoms with Gasteiger partial charge in [0.2, 0.25) is 0 Å². The number of halogens is 3. The van der Waals surface area contributed by atoms with Gasteiger partial charge in [0.1, 0.15) is 0 Å². The number of rotatable bonds is 3. The molecule has 30 heavy (non-hydrogen) atoms. The highest BCUT2D eigenvalue weighted by molar-refractivity contribution is 9.11. The average Bonchev–Trinajstić information content (AvgIpc) is 2.69. The van der Waals surface area contributed by atoms with Crippen LogP contribution in [0.25, 0.3) is 0 Å². The third-order valence-corrected chi connectivity index (χ3v) is 5.45. The molecule has 0 atom stereocenters. The van der Waals surface area contributed by atoms with E-state index in [0.717, 1.165) is 30.1 Å². The fraction of sp³-hybridized carbons (Fsp3) is 0.125. The van der Waals surface area contributed by atoms with Crippen LogP contribution in [0, 0.1) is 0 Å². The third-order valence-electron chi connectivity index (χ3n) is 3.74. The van der Waals surface area contributed by atoms with Crippen LogP contribution < -0.4 is 0 Å². The van der Waals surface area contributed by atoms with E-state index in [9.17, 15) is 14.4 Å². The van der Waals surface area contributed by atoms with Crippen LogP contribution in [0.15, 0.2) is 86.2 Å². The zero-order valence-electron chi connectivity index (χ0n) is 16.8. The molecule has 0 aliphatic carbocycles.